The van der Waals surface area contributed by atoms with E-state index in [0.29, 0.717) is 24.9 Å². The Bertz CT molecular complexity index is 671. The lowest BCUT2D eigenvalue weighted by molar-refractivity contribution is -0.149. The highest BCUT2D eigenvalue weighted by Gasteiger charge is 2.58. The first-order valence-corrected chi connectivity index (χ1v) is 9.46. The van der Waals surface area contributed by atoms with Crippen molar-refractivity contribution in [2.45, 2.75) is 45.2 Å². The Balaban J connectivity index is 1.47. The minimum atomic E-state index is -0.623. The van der Waals surface area contributed by atoms with Crippen LogP contribution in [0.4, 0.5) is 0 Å². The number of aryl methyl sites for hydroxylation is 1. The molecule has 4 rings (SSSR count). The van der Waals surface area contributed by atoms with Crippen LogP contribution >= 0.6 is 0 Å². The number of aliphatic carboxylic acids is 1. The smallest absolute Gasteiger partial charge is 0.312 e. The van der Waals surface area contributed by atoms with Crippen molar-refractivity contribution in [3.8, 4) is 5.75 Å². The number of nitrogens with zero attached hydrogens (tertiary/aromatic N) is 2. The van der Waals surface area contributed by atoms with Gasteiger partial charge in [-0.05, 0) is 37.0 Å². The summed E-state index contributed by atoms with van der Waals surface area (Å²) in [4.78, 5) is 16.9. The zero-order valence-corrected chi connectivity index (χ0v) is 14.9. The fraction of sp³-hybridized carbons (Fsp3) is 0.650. The van der Waals surface area contributed by atoms with E-state index in [9.17, 15) is 15.0 Å². The third kappa shape index (κ3) is 2.93. The van der Waals surface area contributed by atoms with E-state index in [4.69, 9.17) is 0 Å². The molecule has 2 heterocycles. The summed E-state index contributed by atoms with van der Waals surface area (Å²) in [5, 5.41) is 19.7. The minimum absolute atomic E-state index is 0.226. The normalized spacial score (nSPS) is 30.8. The van der Waals surface area contributed by atoms with E-state index in [1.165, 1.54) is 25.7 Å². The molecule has 1 aromatic carbocycles. The van der Waals surface area contributed by atoms with Crippen LogP contribution < -0.4 is 0 Å². The van der Waals surface area contributed by atoms with Gasteiger partial charge in [-0.25, -0.2) is 0 Å². The molecule has 2 atom stereocenters. The molecule has 2 aliphatic heterocycles. The maximum absolute atomic E-state index is 12.2. The van der Waals surface area contributed by atoms with Crippen LogP contribution in [0.3, 0.4) is 0 Å². The summed E-state index contributed by atoms with van der Waals surface area (Å²) in [6.45, 7) is 5.79. The quantitative estimate of drug-likeness (QED) is 0.878. The molecule has 0 unspecified atom stereocenters. The van der Waals surface area contributed by atoms with Crippen molar-refractivity contribution in [2.24, 2.45) is 11.3 Å². The van der Waals surface area contributed by atoms with Gasteiger partial charge in [-0.3, -0.25) is 14.6 Å². The Morgan fingerprint density at radius 3 is 2.64 bits per heavy atom. The van der Waals surface area contributed by atoms with Crippen molar-refractivity contribution in [1.82, 2.24) is 9.80 Å². The van der Waals surface area contributed by atoms with E-state index < -0.39 is 11.4 Å². The van der Waals surface area contributed by atoms with Gasteiger partial charge in [-0.1, -0.05) is 25.0 Å². The largest absolute Gasteiger partial charge is 0.508 e. The predicted molar refractivity (Wildman–Crippen MR) is 95.5 cm³/mol. The number of fused-ring (bicyclic) bond motifs is 1. The van der Waals surface area contributed by atoms with Crippen molar-refractivity contribution < 1.29 is 15.0 Å². The number of benzene rings is 1. The van der Waals surface area contributed by atoms with Crippen LogP contribution in [-0.4, -0.2) is 58.2 Å². The molecule has 0 aromatic heterocycles. The summed E-state index contributed by atoms with van der Waals surface area (Å²) in [5.41, 5.74) is 1.41. The highest BCUT2D eigenvalue weighted by Crippen LogP contribution is 2.45. The van der Waals surface area contributed by atoms with Crippen molar-refractivity contribution in [3.05, 3.63) is 29.3 Å². The topological polar surface area (TPSA) is 64.0 Å². The number of phenolic OH excluding ortho intramolecular Hbond substituents is 1. The first-order chi connectivity index (χ1) is 12.0. The maximum Gasteiger partial charge on any atom is 0.312 e. The van der Waals surface area contributed by atoms with Crippen molar-refractivity contribution in [1.29, 1.82) is 0 Å². The Labute approximate surface area is 149 Å². The van der Waals surface area contributed by atoms with Gasteiger partial charge in [0.05, 0.1) is 5.41 Å². The average Bonchev–Trinajstić information content (AvgIpc) is 3.24. The second kappa shape index (κ2) is 6.29. The first-order valence-electron chi connectivity index (χ1n) is 9.46. The van der Waals surface area contributed by atoms with E-state index in [2.05, 4.69) is 9.80 Å². The number of hydrogen-bond donors (Lipinski definition) is 2. The summed E-state index contributed by atoms with van der Waals surface area (Å²) in [5.74, 6) is -0.0811. The summed E-state index contributed by atoms with van der Waals surface area (Å²) in [6.07, 6.45) is 5.05. The number of carboxylic acids is 1. The summed E-state index contributed by atoms with van der Waals surface area (Å²) in [7, 11) is 0. The van der Waals surface area contributed by atoms with Gasteiger partial charge in [0, 0.05) is 44.7 Å². The van der Waals surface area contributed by atoms with Gasteiger partial charge in [-0.15, -0.1) is 0 Å². The third-order valence-corrected chi connectivity index (χ3v) is 6.64. The van der Waals surface area contributed by atoms with Crippen LogP contribution in [0.5, 0.6) is 5.75 Å². The predicted octanol–water partition coefficient (Wildman–Crippen LogP) is 2.46. The molecule has 2 saturated heterocycles. The molecule has 0 radical (unpaired) electrons. The number of likely N-dealkylation sites (tertiary alicyclic amines) is 2. The van der Waals surface area contributed by atoms with Gasteiger partial charge in [0.2, 0.25) is 0 Å². The Morgan fingerprint density at radius 1 is 1.24 bits per heavy atom. The lowest BCUT2D eigenvalue weighted by atomic mass is 9.81. The summed E-state index contributed by atoms with van der Waals surface area (Å²) < 4.78 is 0. The lowest BCUT2D eigenvalue weighted by Crippen LogP contribution is -2.42. The van der Waals surface area contributed by atoms with Gasteiger partial charge >= 0.3 is 5.97 Å². The van der Waals surface area contributed by atoms with Gasteiger partial charge in [0.1, 0.15) is 5.75 Å². The molecule has 25 heavy (non-hydrogen) atoms. The molecule has 0 bridgehead atoms. The van der Waals surface area contributed by atoms with Crippen LogP contribution in [0.15, 0.2) is 18.2 Å². The number of rotatable bonds is 4. The Morgan fingerprint density at radius 2 is 2.00 bits per heavy atom. The van der Waals surface area contributed by atoms with Crippen LogP contribution in [0.1, 0.15) is 36.8 Å². The van der Waals surface area contributed by atoms with Crippen LogP contribution in [0.25, 0.3) is 0 Å². The van der Waals surface area contributed by atoms with E-state index in [-0.39, 0.29) is 5.92 Å². The fourth-order valence-corrected chi connectivity index (χ4v) is 5.25. The minimum Gasteiger partial charge on any atom is -0.508 e. The molecule has 2 N–H and O–H groups in total. The molecule has 0 spiro atoms. The van der Waals surface area contributed by atoms with Crippen molar-refractivity contribution >= 4 is 5.97 Å². The highest BCUT2D eigenvalue weighted by atomic mass is 16.4. The number of hydrogen-bond acceptors (Lipinski definition) is 4. The number of carbonyl (C=O) groups is 1. The highest BCUT2D eigenvalue weighted by molar-refractivity contribution is 5.77. The molecule has 1 aromatic rings. The lowest BCUT2D eigenvalue weighted by Gasteiger charge is -2.28. The van der Waals surface area contributed by atoms with Crippen LogP contribution in [0.2, 0.25) is 0 Å². The monoisotopic (exact) mass is 344 g/mol. The SMILES string of the molecule is Cc1cc(CN2C[C@@H]3CN(C4CCCC4)C[C@]3(C(=O)O)C2)ccc1O. The Hall–Kier alpha value is -1.59. The maximum atomic E-state index is 12.2. The third-order valence-electron chi connectivity index (χ3n) is 6.64. The molecular formula is C20H28N2O3. The molecule has 3 fully saturated rings. The van der Waals surface area contributed by atoms with E-state index in [0.717, 1.165) is 30.8 Å². The molecule has 136 valence electrons. The van der Waals surface area contributed by atoms with Gasteiger partial charge < -0.3 is 10.2 Å². The molecular weight excluding hydrogens is 316 g/mol. The number of carboxylic acid groups (broad SMARTS) is 1. The average molecular weight is 344 g/mol. The molecule has 1 aliphatic carbocycles. The van der Waals surface area contributed by atoms with Crippen LogP contribution in [0, 0.1) is 18.3 Å². The second-order valence-corrected chi connectivity index (χ2v) is 8.32. The van der Waals surface area contributed by atoms with Gasteiger partial charge in [-0.2, -0.15) is 0 Å². The molecule has 5 nitrogen and oxygen atoms in total. The Kier molecular flexibility index (Phi) is 4.24. The molecule has 3 aliphatic rings. The molecule has 5 heteroatoms. The number of aromatic hydroxyl groups is 1. The standard InChI is InChI=1S/C20H28N2O3/c1-14-8-15(6-7-18(14)23)9-21-10-16-11-22(17-4-2-3-5-17)13-20(16,12-21)19(24)25/h6-8,16-17,23H,2-5,9-13H2,1H3,(H,24,25)/t16-,20-/m1/s1. The zero-order valence-electron chi connectivity index (χ0n) is 14.9. The fourth-order valence-electron chi connectivity index (χ4n) is 5.25. The van der Waals surface area contributed by atoms with Gasteiger partial charge in [0.15, 0.2) is 0 Å². The van der Waals surface area contributed by atoms with E-state index >= 15 is 0 Å². The van der Waals surface area contributed by atoms with Gasteiger partial charge in [0.25, 0.3) is 0 Å². The van der Waals surface area contributed by atoms with E-state index in [1.807, 2.05) is 19.1 Å². The molecule has 0 amide bonds. The zero-order chi connectivity index (χ0) is 17.6. The van der Waals surface area contributed by atoms with Crippen LogP contribution in [-0.2, 0) is 11.3 Å². The van der Waals surface area contributed by atoms with Crippen molar-refractivity contribution in [3.63, 3.8) is 0 Å². The summed E-state index contributed by atoms with van der Waals surface area (Å²) in [6, 6.07) is 6.28. The number of phenols is 1. The van der Waals surface area contributed by atoms with Crippen molar-refractivity contribution in [2.75, 3.05) is 26.2 Å². The second-order valence-electron chi connectivity index (χ2n) is 8.32. The first kappa shape index (κ1) is 16.9. The van der Waals surface area contributed by atoms with E-state index in [1.54, 1.807) is 6.07 Å². The summed E-state index contributed by atoms with van der Waals surface area (Å²) >= 11 is 0. The molecule has 1 saturated carbocycles.